The number of rotatable bonds is 5. The van der Waals surface area contributed by atoms with E-state index in [9.17, 15) is 4.79 Å². The van der Waals surface area contributed by atoms with Crippen LogP contribution in [0.15, 0.2) is 0 Å². The molecule has 94 valence electrons. The predicted octanol–water partition coefficient (Wildman–Crippen LogP) is 2.15. The Labute approximate surface area is 99.4 Å². The Hall–Kier alpha value is -0.570. The summed E-state index contributed by atoms with van der Waals surface area (Å²) in [5.74, 6) is 0.931. The second-order valence-corrected chi connectivity index (χ2v) is 5.15. The van der Waals surface area contributed by atoms with E-state index < -0.39 is 0 Å². The summed E-state index contributed by atoms with van der Waals surface area (Å²) >= 11 is 0. The minimum absolute atomic E-state index is 0.0290. The smallest absolute Gasteiger partial charge is 0.223 e. The minimum atomic E-state index is 0.0290. The maximum Gasteiger partial charge on any atom is 0.223 e. The number of carbonyl (C=O) groups is 1. The van der Waals surface area contributed by atoms with Crippen molar-refractivity contribution in [2.45, 2.75) is 57.9 Å². The van der Waals surface area contributed by atoms with Crippen molar-refractivity contribution < 1.29 is 4.79 Å². The van der Waals surface area contributed by atoms with Gasteiger partial charge in [-0.25, -0.2) is 0 Å². The Morgan fingerprint density at radius 3 is 2.56 bits per heavy atom. The van der Waals surface area contributed by atoms with Crippen LogP contribution in [0, 0.1) is 5.92 Å². The zero-order valence-corrected chi connectivity index (χ0v) is 10.7. The van der Waals surface area contributed by atoms with Gasteiger partial charge in [0.05, 0.1) is 0 Å². The Morgan fingerprint density at radius 2 is 2.00 bits per heavy atom. The van der Waals surface area contributed by atoms with Crippen LogP contribution in [0.1, 0.15) is 51.9 Å². The minimum Gasteiger partial charge on any atom is -0.345 e. The second kappa shape index (κ2) is 6.89. The molecule has 1 amide bonds. The number of hydrogen-bond donors (Lipinski definition) is 1. The fourth-order valence-electron chi connectivity index (χ4n) is 2.38. The van der Waals surface area contributed by atoms with E-state index in [1.165, 1.54) is 32.1 Å². The Kier molecular flexibility index (Phi) is 5.81. The van der Waals surface area contributed by atoms with E-state index >= 15 is 0 Å². The summed E-state index contributed by atoms with van der Waals surface area (Å²) in [5, 5.41) is 0. The largest absolute Gasteiger partial charge is 0.345 e. The van der Waals surface area contributed by atoms with Crippen molar-refractivity contribution in [2.24, 2.45) is 11.7 Å². The third-order valence-corrected chi connectivity index (χ3v) is 3.64. The molecule has 3 nitrogen and oxygen atoms in total. The summed E-state index contributed by atoms with van der Waals surface area (Å²) in [5.41, 5.74) is 5.80. The fourth-order valence-corrected chi connectivity index (χ4v) is 2.38. The predicted molar refractivity (Wildman–Crippen MR) is 67.1 cm³/mol. The number of nitrogens with zero attached hydrogens (tertiary/aromatic N) is 1. The molecular weight excluding hydrogens is 200 g/mol. The second-order valence-electron chi connectivity index (χ2n) is 5.15. The highest BCUT2D eigenvalue weighted by atomic mass is 16.2. The molecule has 1 rings (SSSR count). The van der Waals surface area contributed by atoms with Crippen molar-refractivity contribution in [3.05, 3.63) is 0 Å². The molecule has 1 aliphatic carbocycles. The van der Waals surface area contributed by atoms with Crippen LogP contribution in [0.3, 0.4) is 0 Å². The number of amides is 1. The zero-order valence-electron chi connectivity index (χ0n) is 10.7. The zero-order chi connectivity index (χ0) is 12.0. The van der Waals surface area contributed by atoms with Crippen LogP contribution in [0.4, 0.5) is 0 Å². The molecule has 1 saturated carbocycles. The van der Waals surface area contributed by atoms with E-state index in [1.807, 2.05) is 18.9 Å². The summed E-state index contributed by atoms with van der Waals surface area (Å²) < 4.78 is 0. The molecule has 0 aromatic carbocycles. The van der Waals surface area contributed by atoms with Crippen molar-refractivity contribution in [3.63, 3.8) is 0 Å². The molecule has 3 heteroatoms. The average Bonchev–Trinajstić information content (AvgIpc) is 2.30. The SMILES string of the molecule is CCC(N)CC(=O)N(C)CC1CCCCC1. The molecule has 1 aliphatic rings. The van der Waals surface area contributed by atoms with Gasteiger partial charge in [-0.3, -0.25) is 4.79 Å². The maximum absolute atomic E-state index is 11.8. The standard InChI is InChI=1S/C13H26N2O/c1-3-12(14)9-13(16)15(2)10-11-7-5-4-6-8-11/h11-12H,3-10,14H2,1-2H3. The fraction of sp³-hybridized carbons (Fsp3) is 0.923. The summed E-state index contributed by atoms with van der Waals surface area (Å²) in [6.07, 6.45) is 7.99. The lowest BCUT2D eigenvalue weighted by Crippen LogP contribution is -2.36. The van der Waals surface area contributed by atoms with Crippen LogP contribution in [0.25, 0.3) is 0 Å². The van der Waals surface area contributed by atoms with Crippen LogP contribution in [0.2, 0.25) is 0 Å². The van der Waals surface area contributed by atoms with Gasteiger partial charge in [0.1, 0.15) is 0 Å². The van der Waals surface area contributed by atoms with Gasteiger partial charge < -0.3 is 10.6 Å². The lowest BCUT2D eigenvalue weighted by molar-refractivity contribution is -0.131. The molecule has 0 heterocycles. The molecular formula is C13H26N2O. The van der Waals surface area contributed by atoms with E-state index in [4.69, 9.17) is 5.73 Å². The van der Waals surface area contributed by atoms with Crippen LogP contribution < -0.4 is 5.73 Å². The normalized spacial score (nSPS) is 19.4. The topological polar surface area (TPSA) is 46.3 Å². The molecule has 0 spiro atoms. The maximum atomic E-state index is 11.8. The van der Waals surface area contributed by atoms with E-state index in [1.54, 1.807) is 0 Å². The van der Waals surface area contributed by atoms with E-state index in [0.29, 0.717) is 6.42 Å². The molecule has 0 aromatic heterocycles. The van der Waals surface area contributed by atoms with E-state index in [-0.39, 0.29) is 11.9 Å². The molecule has 0 aliphatic heterocycles. The molecule has 1 unspecified atom stereocenters. The van der Waals surface area contributed by atoms with Crippen molar-refractivity contribution in [1.29, 1.82) is 0 Å². The summed E-state index contributed by atoms with van der Waals surface area (Å²) in [4.78, 5) is 13.7. The van der Waals surface area contributed by atoms with Crippen LogP contribution in [-0.4, -0.2) is 30.4 Å². The lowest BCUT2D eigenvalue weighted by Gasteiger charge is -2.27. The van der Waals surface area contributed by atoms with Gasteiger partial charge in [-0.1, -0.05) is 26.2 Å². The van der Waals surface area contributed by atoms with Crippen molar-refractivity contribution in [3.8, 4) is 0 Å². The highest BCUT2D eigenvalue weighted by Crippen LogP contribution is 2.24. The Bertz CT molecular complexity index is 212. The molecule has 0 saturated heterocycles. The van der Waals surface area contributed by atoms with Gasteiger partial charge in [-0.2, -0.15) is 0 Å². The first-order valence-electron chi connectivity index (χ1n) is 6.63. The van der Waals surface area contributed by atoms with Crippen LogP contribution in [-0.2, 0) is 4.79 Å². The van der Waals surface area contributed by atoms with Gasteiger partial charge in [0.2, 0.25) is 5.91 Å². The van der Waals surface area contributed by atoms with Crippen LogP contribution in [0.5, 0.6) is 0 Å². The third-order valence-electron chi connectivity index (χ3n) is 3.64. The monoisotopic (exact) mass is 226 g/mol. The van der Waals surface area contributed by atoms with E-state index in [2.05, 4.69) is 0 Å². The first-order valence-corrected chi connectivity index (χ1v) is 6.63. The Balaban J connectivity index is 2.27. The Morgan fingerprint density at radius 1 is 1.38 bits per heavy atom. The van der Waals surface area contributed by atoms with Crippen LogP contribution >= 0.6 is 0 Å². The third kappa shape index (κ3) is 4.52. The molecule has 0 aromatic rings. The molecule has 16 heavy (non-hydrogen) atoms. The molecule has 2 N–H and O–H groups in total. The average molecular weight is 226 g/mol. The molecule has 0 radical (unpaired) electrons. The quantitative estimate of drug-likeness (QED) is 0.781. The number of nitrogens with two attached hydrogens (primary N) is 1. The van der Waals surface area contributed by atoms with Crippen molar-refractivity contribution >= 4 is 5.91 Å². The van der Waals surface area contributed by atoms with Gasteiger partial charge in [0, 0.05) is 26.1 Å². The number of hydrogen-bond acceptors (Lipinski definition) is 2. The van der Waals surface area contributed by atoms with Gasteiger partial charge in [-0.05, 0) is 25.2 Å². The molecule has 1 atom stereocenters. The van der Waals surface area contributed by atoms with Gasteiger partial charge >= 0.3 is 0 Å². The summed E-state index contributed by atoms with van der Waals surface area (Å²) in [6.45, 7) is 2.95. The van der Waals surface area contributed by atoms with Gasteiger partial charge in [0.15, 0.2) is 0 Å². The summed E-state index contributed by atoms with van der Waals surface area (Å²) in [6, 6.07) is 0.0290. The highest BCUT2D eigenvalue weighted by molar-refractivity contribution is 5.76. The number of carbonyl (C=O) groups excluding carboxylic acids is 1. The highest BCUT2D eigenvalue weighted by Gasteiger charge is 2.19. The lowest BCUT2D eigenvalue weighted by atomic mass is 9.89. The first-order chi connectivity index (χ1) is 7.63. The molecule has 1 fully saturated rings. The van der Waals surface area contributed by atoms with Crippen molar-refractivity contribution in [2.75, 3.05) is 13.6 Å². The first kappa shape index (κ1) is 13.5. The van der Waals surface area contributed by atoms with Crippen molar-refractivity contribution in [1.82, 2.24) is 4.90 Å². The van der Waals surface area contributed by atoms with Gasteiger partial charge in [-0.15, -0.1) is 0 Å². The summed E-state index contributed by atoms with van der Waals surface area (Å²) in [7, 11) is 1.92. The molecule has 0 bridgehead atoms. The van der Waals surface area contributed by atoms with Gasteiger partial charge in [0.25, 0.3) is 0 Å². The van der Waals surface area contributed by atoms with E-state index in [0.717, 1.165) is 18.9 Å².